The van der Waals surface area contributed by atoms with Gasteiger partial charge in [0.15, 0.2) is 0 Å². The van der Waals surface area contributed by atoms with Gasteiger partial charge in [0.2, 0.25) is 5.89 Å². The molecule has 0 radical (unpaired) electrons. The lowest BCUT2D eigenvalue weighted by Crippen LogP contribution is -2.29. The van der Waals surface area contributed by atoms with Gasteiger partial charge in [0.05, 0.1) is 0 Å². The van der Waals surface area contributed by atoms with E-state index in [1.54, 1.807) is 6.26 Å². The summed E-state index contributed by atoms with van der Waals surface area (Å²) in [6.45, 7) is 0.294. The normalized spacial score (nSPS) is 15.9. The zero-order chi connectivity index (χ0) is 20.8. The number of esters is 1. The van der Waals surface area contributed by atoms with Crippen LogP contribution in [0.25, 0.3) is 12.2 Å². The second-order valence-corrected chi connectivity index (χ2v) is 6.80. The molecule has 2 aromatic carbocycles. The molecular weight excluding hydrogens is 384 g/mol. The number of hydrogen-bond donors (Lipinski definition) is 1. The molecule has 1 N–H and O–H groups in total. The van der Waals surface area contributed by atoms with E-state index in [4.69, 9.17) is 9.15 Å². The highest BCUT2D eigenvalue weighted by Crippen LogP contribution is 2.17. The van der Waals surface area contributed by atoms with Gasteiger partial charge in [0.25, 0.3) is 0 Å². The van der Waals surface area contributed by atoms with Crippen LogP contribution in [0.15, 0.2) is 65.3 Å². The van der Waals surface area contributed by atoms with Gasteiger partial charge in [-0.3, -0.25) is 0 Å². The monoisotopic (exact) mass is 404 g/mol. The number of nitrogens with one attached hydrogen (secondary N) is 1. The number of oxazole rings is 1. The Bertz CT molecular complexity index is 1040. The summed E-state index contributed by atoms with van der Waals surface area (Å²) in [5, 5.41) is 2.49. The maximum atomic E-state index is 11.5. The lowest BCUT2D eigenvalue weighted by molar-refractivity contribution is -0.135. The van der Waals surface area contributed by atoms with Gasteiger partial charge >= 0.3 is 12.1 Å². The molecule has 1 amide bonds. The van der Waals surface area contributed by atoms with E-state index < -0.39 is 18.1 Å². The Morgan fingerprint density at radius 3 is 2.57 bits per heavy atom. The van der Waals surface area contributed by atoms with Crippen molar-refractivity contribution in [3.8, 4) is 5.75 Å². The molecule has 0 bridgehead atoms. The van der Waals surface area contributed by atoms with Gasteiger partial charge in [-0.15, -0.1) is 0 Å². The molecule has 1 atom stereocenters. The van der Waals surface area contributed by atoms with Crippen molar-refractivity contribution in [3.05, 3.63) is 83.6 Å². The summed E-state index contributed by atoms with van der Waals surface area (Å²) >= 11 is 0. The topological polar surface area (TPSA) is 90.7 Å². The number of aromatic nitrogens is 1. The molecule has 1 fully saturated rings. The molecular formula is C23H20N2O5. The molecule has 1 aliphatic heterocycles. The third-order valence-electron chi connectivity index (χ3n) is 4.59. The lowest BCUT2D eigenvalue weighted by atomic mass is 10.1. The Labute approximate surface area is 173 Å². The summed E-state index contributed by atoms with van der Waals surface area (Å²) in [5.41, 5.74) is 2.80. The number of cyclic esters (lactones) is 2. The van der Waals surface area contributed by atoms with Gasteiger partial charge in [-0.25, -0.2) is 14.6 Å². The van der Waals surface area contributed by atoms with Crippen molar-refractivity contribution in [2.75, 3.05) is 0 Å². The molecule has 3 aromatic rings. The van der Waals surface area contributed by atoms with Crippen molar-refractivity contribution in [1.29, 1.82) is 0 Å². The predicted octanol–water partition coefficient (Wildman–Crippen LogP) is 3.99. The molecule has 1 aromatic heterocycles. The average Bonchev–Trinajstić information content (AvgIpc) is 3.36. The number of aryl methyl sites for hydroxylation is 1. The van der Waals surface area contributed by atoms with Gasteiger partial charge < -0.3 is 19.2 Å². The first-order valence-electron chi connectivity index (χ1n) is 9.57. The summed E-state index contributed by atoms with van der Waals surface area (Å²) in [4.78, 5) is 26.9. The van der Waals surface area contributed by atoms with Gasteiger partial charge in [0, 0.05) is 6.08 Å². The van der Waals surface area contributed by atoms with E-state index >= 15 is 0 Å². The van der Waals surface area contributed by atoms with E-state index in [0.717, 1.165) is 11.1 Å². The highest BCUT2D eigenvalue weighted by molar-refractivity contribution is 5.95. The van der Waals surface area contributed by atoms with Gasteiger partial charge in [0.1, 0.15) is 30.4 Å². The lowest BCUT2D eigenvalue weighted by Gasteiger charge is -2.07. The van der Waals surface area contributed by atoms with Crippen LogP contribution in [0.4, 0.5) is 4.79 Å². The molecule has 1 aliphatic rings. The van der Waals surface area contributed by atoms with Gasteiger partial charge in [-0.1, -0.05) is 42.5 Å². The number of hydrogen-bond acceptors (Lipinski definition) is 6. The Morgan fingerprint density at radius 1 is 1.03 bits per heavy atom. The number of alkyl carbamates (subject to hydrolysis) is 1. The molecule has 4 rings (SSSR count). The zero-order valence-corrected chi connectivity index (χ0v) is 16.1. The number of benzene rings is 2. The summed E-state index contributed by atoms with van der Waals surface area (Å²) < 4.78 is 15.7. The Morgan fingerprint density at radius 2 is 1.83 bits per heavy atom. The van der Waals surface area contributed by atoms with Crippen molar-refractivity contribution in [2.45, 2.75) is 25.5 Å². The zero-order valence-electron chi connectivity index (χ0n) is 16.1. The quantitative estimate of drug-likeness (QED) is 0.451. The fraction of sp³-hybridized carbons (Fsp3) is 0.174. The highest BCUT2D eigenvalue weighted by atomic mass is 16.6. The predicted molar refractivity (Wildman–Crippen MR) is 109 cm³/mol. The molecule has 152 valence electrons. The fourth-order valence-corrected chi connectivity index (χ4v) is 3.00. The van der Waals surface area contributed by atoms with Crippen molar-refractivity contribution >= 4 is 24.2 Å². The largest absolute Gasteiger partial charge is 0.487 e. The minimum absolute atomic E-state index is 0.294. The van der Waals surface area contributed by atoms with Crippen LogP contribution in [0.3, 0.4) is 0 Å². The maximum Gasteiger partial charge on any atom is 0.415 e. The number of carbonyl (C=O) groups is 2. The SMILES string of the molecule is O=C1NC(CCc2ccc(OCc3coc(C=Cc4ccccc4)n3)cc2)C(=O)O1. The molecule has 2 heterocycles. The first-order valence-corrected chi connectivity index (χ1v) is 9.57. The maximum absolute atomic E-state index is 11.5. The molecule has 7 nitrogen and oxygen atoms in total. The van der Waals surface area contributed by atoms with E-state index in [-0.39, 0.29) is 0 Å². The second kappa shape index (κ2) is 9.09. The van der Waals surface area contributed by atoms with E-state index in [1.165, 1.54) is 0 Å². The molecule has 0 aliphatic carbocycles. The summed E-state index contributed by atoms with van der Waals surface area (Å²) in [5.74, 6) is 0.701. The Hall–Kier alpha value is -3.87. The van der Waals surface area contributed by atoms with Crippen molar-refractivity contribution in [3.63, 3.8) is 0 Å². The number of rotatable bonds is 8. The molecule has 0 spiro atoms. The van der Waals surface area contributed by atoms with Crippen LogP contribution in [0.1, 0.15) is 29.1 Å². The highest BCUT2D eigenvalue weighted by Gasteiger charge is 2.31. The molecule has 0 saturated carbocycles. The van der Waals surface area contributed by atoms with Gasteiger partial charge in [-0.2, -0.15) is 0 Å². The van der Waals surface area contributed by atoms with Gasteiger partial charge in [-0.05, 0) is 42.2 Å². The number of amides is 1. The molecule has 1 saturated heterocycles. The van der Waals surface area contributed by atoms with Crippen molar-refractivity contribution in [1.82, 2.24) is 10.3 Å². The molecule has 30 heavy (non-hydrogen) atoms. The second-order valence-electron chi connectivity index (χ2n) is 6.80. The Kier molecular flexibility index (Phi) is 5.89. The van der Waals surface area contributed by atoms with Crippen LogP contribution < -0.4 is 10.1 Å². The minimum Gasteiger partial charge on any atom is -0.487 e. The average molecular weight is 404 g/mol. The Balaban J connectivity index is 1.25. The smallest absolute Gasteiger partial charge is 0.415 e. The van der Waals surface area contributed by atoms with E-state index in [0.29, 0.717) is 36.8 Å². The van der Waals surface area contributed by atoms with Crippen LogP contribution in [0.2, 0.25) is 0 Å². The van der Waals surface area contributed by atoms with Crippen molar-refractivity contribution in [2.24, 2.45) is 0 Å². The van der Waals surface area contributed by atoms with Crippen LogP contribution in [-0.4, -0.2) is 23.1 Å². The van der Waals surface area contributed by atoms with Crippen LogP contribution in [-0.2, 0) is 22.6 Å². The standard InChI is InChI=1S/C23H20N2O5/c26-22-20(25-23(27)30-22)12-8-17-6-10-19(11-7-17)28-14-18-15-29-21(24-18)13-9-16-4-2-1-3-5-16/h1-7,9-11,13,15,20H,8,12,14H2,(H,25,27). The molecule has 7 heteroatoms. The number of nitrogens with zero attached hydrogens (tertiary/aromatic N) is 1. The third-order valence-corrected chi connectivity index (χ3v) is 4.59. The first-order chi connectivity index (χ1) is 14.7. The third kappa shape index (κ3) is 5.14. The van der Waals surface area contributed by atoms with E-state index in [2.05, 4.69) is 15.0 Å². The first kappa shape index (κ1) is 19.4. The fourth-order valence-electron chi connectivity index (χ4n) is 3.00. The van der Waals surface area contributed by atoms with E-state index in [9.17, 15) is 9.59 Å². The minimum atomic E-state index is -0.680. The number of ether oxygens (including phenoxy) is 2. The van der Waals surface area contributed by atoms with Crippen LogP contribution >= 0.6 is 0 Å². The summed E-state index contributed by atoms with van der Waals surface area (Å²) in [6.07, 6.45) is 5.78. The van der Waals surface area contributed by atoms with E-state index in [1.807, 2.05) is 66.7 Å². The summed E-state index contributed by atoms with van der Waals surface area (Å²) in [6, 6.07) is 16.9. The molecule has 1 unspecified atom stereocenters. The van der Waals surface area contributed by atoms with Crippen molar-refractivity contribution < 1.29 is 23.5 Å². The number of carbonyl (C=O) groups excluding carboxylic acids is 2. The summed E-state index contributed by atoms with van der Waals surface area (Å²) in [7, 11) is 0. The van der Waals surface area contributed by atoms with Crippen LogP contribution in [0, 0.1) is 0 Å². The van der Waals surface area contributed by atoms with Crippen LogP contribution in [0.5, 0.6) is 5.75 Å².